The Hall–Kier alpha value is -1.47. The van der Waals surface area contributed by atoms with Gasteiger partial charge < -0.3 is 15.4 Å². The van der Waals surface area contributed by atoms with Crippen molar-refractivity contribution in [1.82, 2.24) is 9.97 Å². The molecule has 0 aliphatic carbocycles. The van der Waals surface area contributed by atoms with E-state index >= 15 is 0 Å². The highest BCUT2D eigenvalue weighted by Gasteiger charge is 2.35. The van der Waals surface area contributed by atoms with E-state index in [1.807, 2.05) is 0 Å². The molecule has 1 aromatic heterocycles. The van der Waals surface area contributed by atoms with Crippen LogP contribution in [0.5, 0.6) is 0 Å². The van der Waals surface area contributed by atoms with E-state index in [1.54, 1.807) is 12.1 Å². The Kier molecular flexibility index (Phi) is 3.86. The molecule has 2 rings (SSSR count). The maximum Gasteiger partial charge on any atom is 0.449 e. The zero-order chi connectivity index (χ0) is 14.0. The van der Waals surface area contributed by atoms with Crippen LogP contribution in [0.25, 0.3) is 11.0 Å². The number of anilines is 1. The van der Waals surface area contributed by atoms with Gasteiger partial charge in [0.05, 0.1) is 23.2 Å². The average molecular weight is 294 g/mol. The Labute approximate surface area is 111 Å². The highest BCUT2D eigenvalue weighted by Crippen LogP contribution is 2.30. The molecule has 0 bridgehead atoms. The van der Waals surface area contributed by atoms with Crippen LogP contribution in [0, 0.1) is 0 Å². The third kappa shape index (κ3) is 3.10. The number of nitrogens with zero attached hydrogens (tertiary/aromatic N) is 1. The van der Waals surface area contributed by atoms with Crippen molar-refractivity contribution in [3.8, 4) is 0 Å². The molecule has 0 spiro atoms. The Balaban J connectivity index is 2.32. The van der Waals surface area contributed by atoms with Gasteiger partial charge in [-0.15, -0.1) is 11.6 Å². The van der Waals surface area contributed by atoms with Crippen molar-refractivity contribution < 1.29 is 18.3 Å². The fourth-order valence-electron chi connectivity index (χ4n) is 1.59. The molecular weight excluding hydrogens is 283 g/mol. The van der Waals surface area contributed by atoms with Gasteiger partial charge in [0.25, 0.3) is 0 Å². The lowest BCUT2D eigenvalue weighted by molar-refractivity contribution is -0.144. The molecule has 1 aromatic carbocycles. The van der Waals surface area contributed by atoms with Crippen LogP contribution < -0.4 is 5.32 Å². The summed E-state index contributed by atoms with van der Waals surface area (Å²) in [5.74, 6) is -1.01. The van der Waals surface area contributed by atoms with Crippen molar-refractivity contribution in [3.05, 3.63) is 24.0 Å². The Morgan fingerprint density at radius 1 is 1.42 bits per heavy atom. The van der Waals surface area contributed by atoms with E-state index in [9.17, 15) is 18.3 Å². The second kappa shape index (κ2) is 5.26. The van der Waals surface area contributed by atoms with Crippen molar-refractivity contribution in [3.63, 3.8) is 0 Å². The van der Waals surface area contributed by atoms with Crippen LogP contribution in [0.2, 0.25) is 0 Å². The Bertz CT molecular complexity index is 570. The molecule has 1 heterocycles. The number of halogens is 4. The summed E-state index contributed by atoms with van der Waals surface area (Å²) in [6, 6.07) is 4.68. The first kappa shape index (κ1) is 14.0. The maximum absolute atomic E-state index is 12.6. The summed E-state index contributed by atoms with van der Waals surface area (Å²) < 4.78 is 37.7. The molecule has 0 radical (unpaired) electrons. The van der Waals surface area contributed by atoms with Crippen molar-refractivity contribution in [2.75, 3.05) is 17.7 Å². The molecule has 0 amide bonds. The largest absolute Gasteiger partial charge is 0.449 e. The van der Waals surface area contributed by atoms with Crippen LogP contribution >= 0.6 is 11.6 Å². The third-order valence-electron chi connectivity index (χ3n) is 2.49. The summed E-state index contributed by atoms with van der Waals surface area (Å²) in [5.41, 5.74) is 0.864. The van der Waals surface area contributed by atoms with Gasteiger partial charge in [-0.3, -0.25) is 0 Å². The standard InChI is InChI=1S/C11H11ClF3N3O/c12-4-6(19)5-16-7-2-1-3-8-9(7)18-10(17-8)11(13,14)15/h1-3,6,16,19H,4-5H2,(H,17,18). The molecule has 104 valence electrons. The number of H-pyrrole nitrogens is 1. The van der Waals surface area contributed by atoms with Crippen LogP contribution in [-0.2, 0) is 6.18 Å². The van der Waals surface area contributed by atoms with Gasteiger partial charge in [0.1, 0.15) is 5.52 Å². The normalized spacial score (nSPS) is 13.7. The summed E-state index contributed by atoms with van der Waals surface area (Å²) in [7, 11) is 0. The van der Waals surface area contributed by atoms with Crippen molar-refractivity contribution >= 4 is 28.3 Å². The molecule has 3 N–H and O–H groups in total. The fourth-order valence-corrected chi connectivity index (χ4v) is 1.70. The molecule has 0 saturated carbocycles. The zero-order valence-electron chi connectivity index (χ0n) is 9.63. The highest BCUT2D eigenvalue weighted by molar-refractivity contribution is 6.18. The van der Waals surface area contributed by atoms with E-state index in [2.05, 4.69) is 15.3 Å². The Morgan fingerprint density at radius 3 is 2.79 bits per heavy atom. The van der Waals surface area contributed by atoms with E-state index in [-0.39, 0.29) is 23.5 Å². The summed E-state index contributed by atoms with van der Waals surface area (Å²) in [4.78, 5) is 5.74. The van der Waals surface area contributed by atoms with Crippen LogP contribution in [0.4, 0.5) is 18.9 Å². The van der Waals surface area contributed by atoms with Crippen LogP contribution in [-0.4, -0.2) is 33.6 Å². The molecule has 2 aromatic rings. The summed E-state index contributed by atoms with van der Waals surface area (Å²) in [6.45, 7) is 0.136. The lowest BCUT2D eigenvalue weighted by Crippen LogP contribution is -2.20. The van der Waals surface area contributed by atoms with Gasteiger partial charge in [0.2, 0.25) is 5.82 Å². The lowest BCUT2D eigenvalue weighted by atomic mass is 10.2. The minimum absolute atomic E-state index is 0.0390. The summed E-state index contributed by atoms with van der Waals surface area (Å²) in [6.07, 6.45) is -5.30. The van der Waals surface area contributed by atoms with E-state index in [0.29, 0.717) is 5.69 Å². The number of aliphatic hydroxyl groups excluding tert-OH is 1. The molecule has 0 aliphatic heterocycles. The quantitative estimate of drug-likeness (QED) is 0.759. The van der Waals surface area contributed by atoms with Gasteiger partial charge in [-0.25, -0.2) is 4.98 Å². The lowest BCUT2D eigenvalue weighted by Gasteiger charge is -2.10. The van der Waals surface area contributed by atoms with Crippen LogP contribution in [0.3, 0.4) is 0 Å². The first-order valence-electron chi connectivity index (χ1n) is 5.45. The van der Waals surface area contributed by atoms with Gasteiger partial charge >= 0.3 is 6.18 Å². The van der Waals surface area contributed by atoms with Crippen molar-refractivity contribution in [2.45, 2.75) is 12.3 Å². The monoisotopic (exact) mass is 293 g/mol. The number of aliphatic hydroxyl groups is 1. The van der Waals surface area contributed by atoms with Crippen LogP contribution in [0.1, 0.15) is 5.82 Å². The predicted octanol–water partition coefficient (Wildman–Crippen LogP) is 2.59. The SMILES string of the molecule is OC(CCl)CNc1cccc2[nH]c(C(F)(F)F)nc12. The number of imidazole rings is 1. The Morgan fingerprint density at radius 2 is 2.16 bits per heavy atom. The number of alkyl halides is 4. The number of para-hydroxylation sites is 1. The summed E-state index contributed by atoms with van der Waals surface area (Å²) >= 11 is 5.44. The molecule has 0 aliphatic rings. The number of aromatic nitrogens is 2. The molecule has 0 fully saturated rings. The summed E-state index contributed by atoms with van der Waals surface area (Å²) in [5, 5.41) is 12.1. The van der Waals surface area contributed by atoms with Crippen molar-refractivity contribution in [2.24, 2.45) is 0 Å². The number of hydrogen-bond acceptors (Lipinski definition) is 3. The number of benzene rings is 1. The van der Waals surface area contributed by atoms with E-state index < -0.39 is 18.1 Å². The fraction of sp³-hybridized carbons (Fsp3) is 0.364. The van der Waals surface area contributed by atoms with E-state index in [4.69, 9.17) is 11.6 Å². The molecule has 8 heteroatoms. The minimum Gasteiger partial charge on any atom is -0.390 e. The second-order valence-electron chi connectivity index (χ2n) is 3.97. The molecule has 0 saturated heterocycles. The smallest absolute Gasteiger partial charge is 0.390 e. The molecule has 4 nitrogen and oxygen atoms in total. The van der Waals surface area contributed by atoms with Gasteiger partial charge in [0, 0.05) is 6.54 Å². The van der Waals surface area contributed by atoms with Gasteiger partial charge in [-0.2, -0.15) is 13.2 Å². The van der Waals surface area contributed by atoms with Crippen molar-refractivity contribution in [1.29, 1.82) is 0 Å². The second-order valence-corrected chi connectivity index (χ2v) is 4.28. The molecule has 1 atom stereocenters. The predicted molar refractivity (Wildman–Crippen MR) is 66.3 cm³/mol. The third-order valence-corrected chi connectivity index (χ3v) is 2.84. The molecule has 1 unspecified atom stereocenters. The molecular formula is C11H11ClF3N3O. The van der Waals surface area contributed by atoms with Gasteiger partial charge in [-0.05, 0) is 12.1 Å². The molecule has 19 heavy (non-hydrogen) atoms. The van der Waals surface area contributed by atoms with E-state index in [1.165, 1.54) is 6.07 Å². The minimum atomic E-state index is -4.52. The number of fused-ring (bicyclic) bond motifs is 1. The van der Waals surface area contributed by atoms with Crippen LogP contribution in [0.15, 0.2) is 18.2 Å². The number of nitrogens with one attached hydrogen (secondary N) is 2. The van der Waals surface area contributed by atoms with E-state index in [0.717, 1.165) is 0 Å². The zero-order valence-corrected chi connectivity index (χ0v) is 10.4. The first-order chi connectivity index (χ1) is 8.91. The number of hydrogen-bond donors (Lipinski definition) is 3. The average Bonchev–Trinajstić information content (AvgIpc) is 2.80. The highest BCUT2D eigenvalue weighted by atomic mass is 35.5. The van der Waals surface area contributed by atoms with Gasteiger partial charge in [0.15, 0.2) is 0 Å². The number of rotatable bonds is 4. The first-order valence-corrected chi connectivity index (χ1v) is 5.99. The number of aromatic amines is 1. The van der Waals surface area contributed by atoms with Gasteiger partial charge in [-0.1, -0.05) is 6.07 Å². The maximum atomic E-state index is 12.6. The topological polar surface area (TPSA) is 60.9 Å².